The maximum absolute atomic E-state index is 10.3. The number of piperidine rings is 1. The molecule has 24 heavy (non-hydrogen) atoms. The Morgan fingerprint density at radius 1 is 1.12 bits per heavy atom. The van der Waals surface area contributed by atoms with Crippen LogP contribution in [0.15, 0.2) is 42.5 Å². The van der Waals surface area contributed by atoms with Gasteiger partial charge in [0.2, 0.25) is 0 Å². The normalized spacial score (nSPS) is 20.2. The van der Waals surface area contributed by atoms with Crippen LogP contribution in [0.5, 0.6) is 5.75 Å². The molecule has 2 atom stereocenters. The Balaban J connectivity index is 1.53. The summed E-state index contributed by atoms with van der Waals surface area (Å²) in [7, 11) is 0. The Labute approximate surface area is 143 Å². The number of hydrogen-bond acceptors (Lipinski definition) is 4. The Kier molecular flexibility index (Phi) is 6.07. The number of benzene rings is 2. The summed E-state index contributed by atoms with van der Waals surface area (Å²) in [6.07, 6.45) is 3.76. The number of fused-ring (bicyclic) bond motifs is 1. The summed E-state index contributed by atoms with van der Waals surface area (Å²) in [6, 6.07) is 14.6. The lowest BCUT2D eigenvalue weighted by Gasteiger charge is -2.36. The third-order valence-corrected chi connectivity index (χ3v) is 4.82. The van der Waals surface area contributed by atoms with Crippen LogP contribution >= 0.6 is 0 Å². The number of likely N-dealkylation sites (tertiary alicyclic amines) is 1. The summed E-state index contributed by atoms with van der Waals surface area (Å²) in [6.45, 7) is 2.11. The zero-order valence-electron chi connectivity index (χ0n) is 14.1. The minimum Gasteiger partial charge on any atom is -0.491 e. The molecule has 1 fully saturated rings. The fourth-order valence-electron chi connectivity index (χ4n) is 3.55. The van der Waals surface area contributed by atoms with E-state index in [4.69, 9.17) is 4.74 Å². The van der Waals surface area contributed by atoms with Gasteiger partial charge >= 0.3 is 0 Å². The van der Waals surface area contributed by atoms with Crippen LogP contribution in [-0.4, -0.2) is 53.6 Å². The lowest BCUT2D eigenvalue weighted by Crippen LogP contribution is -2.45. The molecule has 2 N–H and O–H groups in total. The van der Waals surface area contributed by atoms with Gasteiger partial charge in [-0.3, -0.25) is 4.90 Å². The molecule has 1 heterocycles. The summed E-state index contributed by atoms with van der Waals surface area (Å²) >= 11 is 0. The summed E-state index contributed by atoms with van der Waals surface area (Å²) in [4.78, 5) is 2.30. The standard InChI is InChI=1S/C20H27NO3/c22-12-10-18-7-3-4-11-21(18)14-19(23)15-24-20-9-8-16-5-1-2-6-17(16)13-20/h1-2,5-6,8-9,13,18-19,22-23H,3-4,7,10-12,14-15H2/t18-,19-/m1/s1. The molecule has 1 aliphatic heterocycles. The van der Waals surface area contributed by atoms with E-state index >= 15 is 0 Å². The van der Waals surface area contributed by atoms with Crippen molar-refractivity contribution in [1.82, 2.24) is 4.90 Å². The third kappa shape index (κ3) is 4.47. The van der Waals surface area contributed by atoms with Gasteiger partial charge in [0.15, 0.2) is 0 Å². The second-order valence-electron chi connectivity index (χ2n) is 6.63. The second-order valence-corrected chi connectivity index (χ2v) is 6.63. The molecule has 0 aliphatic carbocycles. The first-order valence-electron chi connectivity index (χ1n) is 8.91. The molecule has 3 rings (SSSR count). The van der Waals surface area contributed by atoms with E-state index in [2.05, 4.69) is 17.0 Å². The Bertz CT molecular complexity index is 644. The number of ether oxygens (including phenoxy) is 1. The molecule has 1 saturated heterocycles. The molecule has 0 unspecified atom stereocenters. The first kappa shape index (κ1) is 17.2. The topological polar surface area (TPSA) is 52.9 Å². The highest BCUT2D eigenvalue weighted by Crippen LogP contribution is 2.22. The summed E-state index contributed by atoms with van der Waals surface area (Å²) < 4.78 is 5.79. The summed E-state index contributed by atoms with van der Waals surface area (Å²) in [5.74, 6) is 0.790. The van der Waals surface area contributed by atoms with E-state index in [0.29, 0.717) is 19.2 Å². The number of aliphatic hydroxyl groups is 2. The monoisotopic (exact) mass is 329 g/mol. The van der Waals surface area contributed by atoms with Gasteiger partial charge in [-0.2, -0.15) is 0 Å². The predicted octanol–water partition coefficient (Wildman–Crippen LogP) is 2.82. The van der Waals surface area contributed by atoms with Crippen LogP contribution in [0.1, 0.15) is 25.7 Å². The first-order valence-corrected chi connectivity index (χ1v) is 8.91. The summed E-state index contributed by atoms with van der Waals surface area (Å²) in [5.41, 5.74) is 0. The molecule has 0 bridgehead atoms. The van der Waals surface area contributed by atoms with Gasteiger partial charge in [-0.1, -0.05) is 36.8 Å². The third-order valence-electron chi connectivity index (χ3n) is 4.82. The van der Waals surface area contributed by atoms with Crippen molar-refractivity contribution in [2.75, 3.05) is 26.3 Å². The van der Waals surface area contributed by atoms with Crippen molar-refractivity contribution >= 4 is 10.8 Å². The Hall–Kier alpha value is -1.62. The second kappa shape index (κ2) is 8.47. The molecule has 0 aromatic heterocycles. The number of hydrogen-bond donors (Lipinski definition) is 2. The van der Waals surface area contributed by atoms with Crippen molar-refractivity contribution in [3.05, 3.63) is 42.5 Å². The van der Waals surface area contributed by atoms with E-state index in [1.807, 2.05) is 30.3 Å². The molecule has 2 aromatic carbocycles. The van der Waals surface area contributed by atoms with Crippen molar-refractivity contribution < 1.29 is 14.9 Å². The van der Waals surface area contributed by atoms with Gasteiger partial charge in [0.25, 0.3) is 0 Å². The fraction of sp³-hybridized carbons (Fsp3) is 0.500. The molecule has 2 aromatic rings. The minimum absolute atomic E-state index is 0.213. The Morgan fingerprint density at radius 2 is 1.96 bits per heavy atom. The maximum atomic E-state index is 10.3. The average Bonchev–Trinajstić information content (AvgIpc) is 2.62. The zero-order valence-corrected chi connectivity index (χ0v) is 14.1. The molecule has 0 radical (unpaired) electrons. The molecular weight excluding hydrogens is 302 g/mol. The number of aliphatic hydroxyl groups excluding tert-OH is 2. The van der Waals surface area contributed by atoms with Crippen LogP contribution in [-0.2, 0) is 0 Å². The molecule has 1 aliphatic rings. The van der Waals surface area contributed by atoms with Gasteiger partial charge in [0.05, 0.1) is 0 Å². The van der Waals surface area contributed by atoms with E-state index in [-0.39, 0.29) is 6.61 Å². The van der Waals surface area contributed by atoms with E-state index < -0.39 is 6.10 Å². The lowest BCUT2D eigenvalue weighted by molar-refractivity contribution is 0.0332. The smallest absolute Gasteiger partial charge is 0.120 e. The van der Waals surface area contributed by atoms with Crippen molar-refractivity contribution in [3.8, 4) is 5.75 Å². The van der Waals surface area contributed by atoms with Crippen molar-refractivity contribution in [3.63, 3.8) is 0 Å². The molecule has 130 valence electrons. The van der Waals surface area contributed by atoms with Crippen molar-refractivity contribution in [2.45, 2.75) is 37.8 Å². The van der Waals surface area contributed by atoms with Gasteiger partial charge in [0, 0.05) is 19.2 Å². The minimum atomic E-state index is -0.518. The van der Waals surface area contributed by atoms with Crippen LogP contribution in [0.25, 0.3) is 10.8 Å². The van der Waals surface area contributed by atoms with E-state index in [9.17, 15) is 10.2 Å². The van der Waals surface area contributed by atoms with Gasteiger partial charge in [-0.15, -0.1) is 0 Å². The average molecular weight is 329 g/mol. The quantitative estimate of drug-likeness (QED) is 0.820. The van der Waals surface area contributed by atoms with E-state index in [1.54, 1.807) is 0 Å². The van der Waals surface area contributed by atoms with Crippen LogP contribution in [0.3, 0.4) is 0 Å². The van der Waals surface area contributed by atoms with Crippen LogP contribution < -0.4 is 4.74 Å². The lowest BCUT2D eigenvalue weighted by atomic mass is 9.99. The van der Waals surface area contributed by atoms with Crippen molar-refractivity contribution in [2.24, 2.45) is 0 Å². The number of rotatable bonds is 7. The fourth-order valence-corrected chi connectivity index (χ4v) is 3.55. The van der Waals surface area contributed by atoms with Gasteiger partial charge in [-0.05, 0) is 48.7 Å². The molecule has 0 spiro atoms. The molecular formula is C20H27NO3. The molecule has 0 amide bonds. The molecule has 0 saturated carbocycles. The van der Waals surface area contributed by atoms with Crippen molar-refractivity contribution in [1.29, 1.82) is 0 Å². The van der Waals surface area contributed by atoms with Crippen LogP contribution in [0.4, 0.5) is 0 Å². The number of β-amino-alcohol motifs (C(OH)–C–C–N with tert-alkyl or cyclic N) is 1. The summed E-state index contributed by atoms with van der Waals surface area (Å²) in [5, 5.41) is 21.9. The highest BCUT2D eigenvalue weighted by atomic mass is 16.5. The van der Waals surface area contributed by atoms with Gasteiger partial charge in [-0.25, -0.2) is 0 Å². The zero-order chi connectivity index (χ0) is 16.8. The van der Waals surface area contributed by atoms with E-state index in [0.717, 1.165) is 30.5 Å². The van der Waals surface area contributed by atoms with E-state index in [1.165, 1.54) is 18.2 Å². The predicted molar refractivity (Wildman–Crippen MR) is 96.4 cm³/mol. The van der Waals surface area contributed by atoms with Crippen LogP contribution in [0, 0.1) is 0 Å². The van der Waals surface area contributed by atoms with Gasteiger partial charge < -0.3 is 14.9 Å². The van der Waals surface area contributed by atoms with Gasteiger partial charge in [0.1, 0.15) is 18.5 Å². The molecule has 4 nitrogen and oxygen atoms in total. The largest absolute Gasteiger partial charge is 0.491 e. The number of nitrogens with zero attached hydrogens (tertiary/aromatic N) is 1. The SMILES string of the molecule is OCC[C@H]1CCCCN1C[C@@H](O)COc1ccc2ccccc2c1. The van der Waals surface area contributed by atoms with Crippen LogP contribution in [0.2, 0.25) is 0 Å². The highest BCUT2D eigenvalue weighted by Gasteiger charge is 2.24. The first-order chi connectivity index (χ1) is 11.8. The molecule has 4 heteroatoms. The Morgan fingerprint density at radius 3 is 2.79 bits per heavy atom. The highest BCUT2D eigenvalue weighted by molar-refractivity contribution is 5.83. The maximum Gasteiger partial charge on any atom is 0.120 e.